The molecule has 5 rings (SSSR count). The van der Waals surface area contributed by atoms with E-state index >= 15 is 0 Å². The maximum atomic E-state index is 13.6. The van der Waals surface area contributed by atoms with Crippen molar-refractivity contribution in [3.63, 3.8) is 0 Å². The van der Waals surface area contributed by atoms with E-state index in [1.165, 1.54) is 24.5 Å². The van der Waals surface area contributed by atoms with Crippen LogP contribution in [0.25, 0.3) is 0 Å². The molecule has 3 heterocycles. The zero-order valence-electron chi connectivity index (χ0n) is 18.7. The van der Waals surface area contributed by atoms with Gasteiger partial charge in [0.25, 0.3) is 0 Å². The number of rotatable bonds is 6. The fourth-order valence-corrected chi connectivity index (χ4v) is 7.13. The van der Waals surface area contributed by atoms with Gasteiger partial charge in [-0.05, 0) is 60.7 Å². The van der Waals surface area contributed by atoms with Gasteiger partial charge < -0.3 is 4.74 Å². The van der Waals surface area contributed by atoms with Crippen LogP contribution < -0.4 is 4.74 Å². The monoisotopic (exact) mass is 523 g/mol. The highest BCUT2D eigenvalue weighted by atomic mass is 32.2. The lowest BCUT2D eigenvalue weighted by molar-refractivity contribution is -0.0134. The minimum absolute atomic E-state index is 0.132. The second-order valence-corrected chi connectivity index (χ2v) is 11.7. The molecule has 0 amide bonds. The average Bonchev–Trinajstić information content (AvgIpc) is 3.36. The van der Waals surface area contributed by atoms with E-state index in [2.05, 4.69) is 14.3 Å². The number of sulfone groups is 1. The molecule has 11 heteroatoms. The summed E-state index contributed by atoms with van der Waals surface area (Å²) in [6, 6.07) is 10.4. The smallest absolute Gasteiger partial charge is 0.241 e. The minimum atomic E-state index is -3.64. The molecule has 3 aromatic rings. The Morgan fingerprint density at radius 1 is 1.11 bits per heavy atom. The summed E-state index contributed by atoms with van der Waals surface area (Å²) in [5.41, 5.74) is 1.62. The van der Waals surface area contributed by atoms with Crippen LogP contribution in [0, 0.1) is 11.7 Å². The number of alkyl halides is 2. The maximum absolute atomic E-state index is 13.6. The Hall–Kier alpha value is -2.50. The van der Waals surface area contributed by atoms with E-state index in [4.69, 9.17) is 4.74 Å². The van der Waals surface area contributed by atoms with Gasteiger partial charge in [-0.15, -0.1) is 0 Å². The summed E-state index contributed by atoms with van der Waals surface area (Å²) < 4.78 is 76.3. The molecule has 0 N–H and O–H groups in total. The highest BCUT2D eigenvalue weighted by Gasteiger charge is 2.39. The number of fused-ring (bicyclic) bond motifs is 1. The Labute approximate surface area is 205 Å². The van der Waals surface area contributed by atoms with Crippen molar-refractivity contribution < 1.29 is 26.3 Å². The van der Waals surface area contributed by atoms with Crippen LogP contribution in [0.15, 0.2) is 53.7 Å². The first-order valence-electron chi connectivity index (χ1n) is 11.4. The summed E-state index contributed by atoms with van der Waals surface area (Å²) >= 11 is 1.04. The predicted molar refractivity (Wildman–Crippen MR) is 125 cm³/mol. The number of aromatic nitrogens is 2. The third-order valence-corrected chi connectivity index (χ3v) is 9.24. The van der Waals surface area contributed by atoms with Crippen LogP contribution in [0.4, 0.5) is 13.2 Å². The fraction of sp³-hybridized carbons (Fsp3) is 0.417. The molecule has 2 aliphatic heterocycles. The number of halogens is 3. The number of hydrogen-bond acceptors (Lipinski definition) is 7. The molecule has 0 aliphatic carbocycles. The van der Waals surface area contributed by atoms with Gasteiger partial charge >= 0.3 is 0 Å². The zero-order valence-corrected chi connectivity index (χ0v) is 20.3. The minimum Gasteiger partial charge on any atom is -0.493 e. The summed E-state index contributed by atoms with van der Waals surface area (Å²) in [5.74, 6) is -0.865. The lowest BCUT2D eigenvalue weighted by atomic mass is 9.84. The van der Waals surface area contributed by atoms with Crippen LogP contribution in [-0.4, -0.2) is 42.3 Å². The molecule has 35 heavy (non-hydrogen) atoms. The number of ether oxygens (including phenoxy) is 1. The molecule has 6 nitrogen and oxygen atoms in total. The summed E-state index contributed by atoms with van der Waals surface area (Å²) in [6.45, 7) is 0.834. The molecule has 2 aliphatic rings. The van der Waals surface area contributed by atoms with Crippen molar-refractivity contribution in [3.05, 3.63) is 70.7 Å². The van der Waals surface area contributed by atoms with Gasteiger partial charge in [-0.25, -0.2) is 26.6 Å². The highest BCUT2D eigenvalue weighted by Crippen LogP contribution is 2.46. The number of nitrogens with zero attached hydrogens (tertiary/aromatic N) is 3. The van der Waals surface area contributed by atoms with Crippen LogP contribution in [0.3, 0.4) is 0 Å². The van der Waals surface area contributed by atoms with Crippen molar-refractivity contribution in [2.75, 3.05) is 13.2 Å². The van der Waals surface area contributed by atoms with E-state index in [0.717, 1.165) is 22.7 Å². The molecule has 2 aromatic carbocycles. The van der Waals surface area contributed by atoms with Gasteiger partial charge in [-0.2, -0.15) is 4.37 Å². The average molecular weight is 524 g/mol. The summed E-state index contributed by atoms with van der Waals surface area (Å²) in [5, 5.41) is 0.408. The Kier molecular flexibility index (Phi) is 6.82. The number of piperidine rings is 1. The molecule has 1 fully saturated rings. The molecule has 0 radical (unpaired) electrons. The predicted octanol–water partition coefficient (Wildman–Crippen LogP) is 5.19. The molecule has 186 valence electrons. The van der Waals surface area contributed by atoms with E-state index in [1.807, 2.05) is 0 Å². The number of benzene rings is 2. The van der Waals surface area contributed by atoms with E-state index in [-0.39, 0.29) is 35.0 Å². The van der Waals surface area contributed by atoms with Gasteiger partial charge in [0.2, 0.25) is 6.43 Å². The lowest BCUT2D eigenvalue weighted by Gasteiger charge is -2.45. The van der Waals surface area contributed by atoms with Crippen LogP contribution >= 0.6 is 11.5 Å². The SMILES string of the molecule is O=S(=O)(Cc1ncns1)c1ccc2c(c1)OCC[C@@H]2N1CC[C@@H](C(F)F)C[C@H]1c1ccc(F)cc1. The van der Waals surface area contributed by atoms with Crippen LogP contribution in [-0.2, 0) is 15.6 Å². The standard InChI is InChI=1S/C24H24F3N3O3S2/c25-17-3-1-15(2-4-17)21-11-16(24(26)27)7-9-30(21)20-8-10-33-22-12-18(5-6-19(20)22)35(31,32)13-23-28-14-29-34-23/h1-6,12,14,16,20-21,24H,7-11,13H2/t16-,20+,21+/m1/s1. The second-order valence-electron chi connectivity index (χ2n) is 8.87. The van der Waals surface area contributed by atoms with Crippen molar-refractivity contribution >= 4 is 21.4 Å². The third kappa shape index (κ3) is 5.07. The normalized spacial score (nSPS) is 23.1. The van der Waals surface area contributed by atoms with E-state index < -0.39 is 22.2 Å². The van der Waals surface area contributed by atoms with Crippen LogP contribution in [0.2, 0.25) is 0 Å². The van der Waals surface area contributed by atoms with E-state index in [0.29, 0.717) is 36.8 Å². The quantitative estimate of drug-likeness (QED) is 0.443. The lowest BCUT2D eigenvalue weighted by Crippen LogP contribution is -2.42. The van der Waals surface area contributed by atoms with Crippen molar-refractivity contribution in [3.8, 4) is 5.75 Å². The van der Waals surface area contributed by atoms with Gasteiger partial charge in [-0.1, -0.05) is 18.2 Å². The van der Waals surface area contributed by atoms with Crippen molar-refractivity contribution in [1.82, 2.24) is 14.3 Å². The molecule has 0 unspecified atom stereocenters. The number of likely N-dealkylation sites (tertiary alicyclic amines) is 1. The molecular weight excluding hydrogens is 499 g/mol. The largest absolute Gasteiger partial charge is 0.493 e. The fourth-order valence-electron chi connectivity index (χ4n) is 5.02. The first-order valence-corrected chi connectivity index (χ1v) is 13.8. The topological polar surface area (TPSA) is 72.4 Å². The molecule has 3 atom stereocenters. The number of hydrogen-bond donors (Lipinski definition) is 0. The summed E-state index contributed by atoms with van der Waals surface area (Å²) in [7, 11) is -3.64. The first-order chi connectivity index (χ1) is 16.8. The third-order valence-electron chi connectivity index (χ3n) is 6.77. The van der Waals surface area contributed by atoms with Gasteiger partial charge in [0.1, 0.15) is 28.7 Å². The molecule has 0 spiro atoms. The van der Waals surface area contributed by atoms with Gasteiger partial charge in [0.05, 0.1) is 11.5 Å². The molecule has 1 saturated heterocycles. The molecule has 0 bridgehead atoms. The van der Waals surface area contributed by atoms with Crippen LogP contribution in [0.1, 0.15) is 47.5 Å². The van der Waals surface area contributed by atoms with Gasteiger partial charge in [-0.3, -0.25) is 4.90 Å². The highest BCUT2D eigenvalue weighted by molar-refractivity contribution is 7.90. The van der Waals surface area contributed by atoms with Crippen molar-refractivity contribution in [1.29, 1.82) is 0 Å². The van der Waals surface area contributed by atoms with Gasteiger partial charge in [0, 0.05) is 30.0 Å². The van der Waals surface area contributed by atoms with Crippen molar-refractivity contribution in [2.24, 2.45) is 5.92 Å². The van der Waals surface area contributed by atoms with Crippen LogP contribution in [0.5, 0.6) is 5.75 Å². The summed E-state index contributed by atoms with van der Waals surface area (Å²) in [4.78, 5) is 6.28. The maximum Gasteiger partial charge on any atom is 0.241 e. The van der Waals surface area contributed by atoms with Gasteiger partial charge in [0.15, 0.2) is 9.84 Å². The Balaban J connectivity index is 1.45. The first kappa shape index (κ1) is 24.2. The zero-order chi connectivity index (χ0) is 24.6. The van der Waals surface area contributed by atoms with E-state index in [1.54, 1.807) is 24.3 Å². The Morgan fingerprint density at radius 2 is 1.91 bits per heavy atom. The Morgan fingerprint density at radius 3 is 2.63 bits per heavy atom. The molecular formula is C24H24F3N3O3S2. The Bertz CT molecular complexity index is 1270. The van der Waals surface area contributed by atoms with Crippen molar-refractivity contribution in [2.45, 2.75) is 48.4 Å². The van der Waals surface area contributed by atoms with E-state index in [9.17, 15) is 21.6 Å². The summed E-state index contributed by atoms with van der Waals surface area (Å²) in [6.07, 6.45) is 0.176. The molecule has 0 saturated carbocycles. The molecule has 1 aromatic heterocycles. The second kappa shape index (κ2) is 9.87.